The molecule has 2 unspecified atom stereocenters. The molecular formula is C16H21NO4. The van der Waals surface area contributed by atoms with Gasteiger partial charge < -0.3 is 14.7 Å². The van der Waals surface area contributed by atoms with Gasteiger partial charge in [-0.05, 0) is 31.9 Å². The van der Waals surface area contributed by atoms with Crippen molar-refractivity contribution in [1.29, 1.82) is 0 Å². The summed E-state index contributed by atoms with van der Waals surface area (Å²) in [5.74, 6) is -0.578. The fourth-order valence-corrected chi connectivity index (χ4v) is 2.62. The molecule has 1 heterocycles. The Labute approximate surface area is 124 Å². The summed E-state index contributed by atoms with van der Waals surface area (Å²) in [6.45, 7) is 2.15. The standard InChI is InChI=1S/C16H21NO4/c1-12(21-13-8-4-2-5-9-13)15(18)17-11-7-3-6-10-14(17)16(19)20/h2,4-5,8-9,12,14H,3,6-7,10-11H2,1H3,(H,19,20). The lowest BCUT2D eigenvalue weighted by atomic mass is 10.1. The maximum atomic E-state index is 12.5. The number of amides is 1. The second kappa shape index (κ2) is 7.11. The van der Waals surface area contributed by atoms with Crippen LogP contribution in [0.5, 0.6) is 5.75 Å². The van der Waals surface area contributed by atoms with Crippen molar-refractivity contribution in [3.8, 4) is 5.75 Å². The van der Waals surface area contributed by atoms with Crippen molar-refractivity contribution in [2.75, 3.05) is 6.54 Å². The minimum atomic E-state index is -0.933. The number of nitrogens with zero attached hydrogens (tertiary/aromatic N) is 1. The molecule has 0 aromatic heterocycles. The molecule has 2 atom stereocenters. The third-order valence-electron chi connectivity index (χ3n) is 3.72. The Morgan fingerprint density at radius 2 is 1.95 bits per heavy atom. The lowest BCUT2D eigenvalue weighted by Crippen LogP contribution is -2.49. The number of carbonyl (C=O) groups is 2. The highest BCUT2D eigenvalue weighted by atomic mass is 16.5. The highest BCUT2D eigenvalue weighted by molar-refractivity contribution is 5.86. The van der Waals surface area contributed by atoms with Crippen LogP contribution in [0, 0.1) is 0 Å². The van der Waals surface area contributed by atoms with Crippen LogP contribution in [0.2, 0.25) is 0 Å². The van der Waals surface area contributed by atoms with Crippen molar-refractivity contribution >= 4 is 11.9 Å². The molecule has 0 spiro atoms. The fourth-order valence-electron chi connectivity index (χ4n) is 2.62. The summed E-state index contributed by atoms with van der Waals surface area (Å²) in [6.07, 6.45) is 2.47. The quantitative estimate of drug-likeness (QED) is 0.924. The number of aliphatic carboxylic acids is 1. The second-order valence-electron chi connectivity index (χ2n) is 5.31. The van der Waals surface area contributed by atoms with Gasteiger partial charge in [0.15, 0.2) is 6.10 Å². The van der Waals surface area contributed by atoms with Crippen molar-refractivity contribution in [3.63, 3.8) is 0 Å². The van der Waals surface area contributed by atoms with Gasteiger partial charge in [0.25, 0.3) is 5.91 Å². The molecule has 5 heteroatoms. The SMILES string of the molecule is CC(Oc1ccccc1)C(=O)N1CCCCCC1C(=O)O. The van der Waals surface area contributed by atoms with Crippen LogP contribution < -0.4 is 4.74 Å². The van der Waals surface area contributed by atoms with Crippen molar-refractivity contribution in [2.45, 2.75) is 44.8 Å². The Hall–Kier alpha value is -2.04. The number of para-hydroxylation sites is 1. The maximum Gasteiger partial charge on any atom is 0.326 e. The molecule has 1 fully saturated rings. The van der Waals surface area contributed by atoms with Gasteiger partial charge in [0.1, 0.15) is 11.8 Å². The molecule has 1 aromatic carbocycles. The fraction of sp³-hybridized carbons (Fsp3) is 0.500. The Kier molecular flexibility index (Phi) is 5.20. The highest BCUT2D eigenvalue weighted by Gasteiger charge is 2.33. The van der Waals surface area contributed by atoms with E-state index in [4.69, 9.17) is 4.74 Å². The van der Waals surface area contributed by atoms with E-state index in [2.05, 4.69) is 0 Å². The second-order valence-corrected chi connectivity index (χ2v) is 5.31. The molecule has 1 aromatic rings. The number of hydrogen-bond acceptors (Lipinski definition) is 3. The lowest BCUT2D eigenvalue weighted by Gasteiger charge is -2.29. The molecule has 1 aliphatic rings. The highest BCUT2D eigenvalue weighted by Crippen LogP contribution is 2.19. The van der Waals surface area contributed by atoms with E-state index in [-0.39, 0.29) is 5.91 Å². The monoisotopic (exact) mass is 291 g/mol. The number of likely N-dealkylation sites (tertiary alicyclic amines) is 1. The Balaban J connectivity index is 2.06. The number of ether oxygens (including phenoxy) is 1. The zero-order valence-corrected chi connectivity index (χ0v) is 12.2. The van der Waals surface area contributed by atoms with Crippen LogP contribution in [0.4, 0.5) is 0 Å². The van der Waals surface area contributed by atoms with Crippen molar-refractivity contribution in [3.05, 3.63) is 30.3 Å². The van der Waals surface area contributed by atoms with E-state index in [0.717, 1.165) is 19.3 Å². The Morgan fingerprint density at radius 3 is 2.62 bits per heavy atom. The molecule has 21 heavy (non-hydrogen) atoms. The molecule has 1 aliphatic heterocycles. The molecule has 5 nitrogen and oxygen atoms in total. The van der Waals surface area contributed by atoms with Gasteiger partial charge in [-0.2, -0.15) is 0 Å². The largest absolute Gasteiger partial charge is 0.481 e. The molecule has 0 aliphatic carbocycles. The van der Waals surface area contributed by atoms with Gasteiger partial charge in [0, 0.05) is 6.54 Å². The normalized spacial score (nSPS) is 20.4. The maximum absolute atomic E-state index is 12.5. The van der Waals surface area contributed by atoms with Crippen molar-refractivity contribution in [1.82, 2.24) is 4.90 Å². The Morgan fingerprint density at radius 1 is 1.24 bits per heavy atom. The average Bonchev–Trinajstić information content (AvgIpc) is 2.73. The topological polar surface area (TPSA) is 66.8 Å². The number of rotatable bonds is 4. The van der Waals surface area contributed by atoms with Crippen LogP contribution >= 0.6 is 0 Å². The van der Waals surface area contributed by atoms with E-state index in [0.29, 0.717) is 18.7 Å². The molecular weight excluding hydrogens is 270 g/mol. The van der Waals surface area contributed by atoms with Crippen LogP contribution in [0.15, 0.2) is 30.3 Å². The van der Waals surface area contributed by atoms with Gasteiger partial charge >= 0.3 is 5.97 Å². The molecule has 1 N–H and O–H groups in total. The van der Waals surface area contributed by atoms with Crippen LogP contribution in [0.25, 0.3) is 0 Å². The summed E-state index contributed by atoms with van der Waals surface area (Å²) in [5.41, 5.74) is 0. The van der Waals surface area contributed by atoms with E-state index in [1.807, 2.05) is 18.2 Å². The lowest BCUT2D eigenvalue weighted by molar-refractivity contribution is -0.153. The summed E-state index contributed by atoms with van der Waals surface area (Å²) >= 11 is 0. The average molecular weight is 291 g/mol. The van der Waals surface area contributed by atoms with Gasteiger partial charge in [-0.1, -0.05) is 31.0 Å². The third kappa shape index (κ3) is 3.97. The van der Waals surface area contributed by atoms with Crippen LogP contribution in [0.1, 0.15) is 32.6 Å². The molecule has 0 radical (unpaired) electrons. The summed E-state index contributed by atoms with van der Waals surface area (Å²) in [4.78, 5) is 25.3. The first-order valence-electron chi connectivity index (χ1n) is 7.34. The minimum Gasteiger partial charge on any atom is -0.481 e. The first-order chi connectivity index (χ1) is 10.1. The number of carboxylic acids is 1. The van der Waals surface area contributed by atoms with Gasteiger partial charge in [-0.15, -0.1) is 0 Å². The molecule has 1 amide bonds. The smallest absolute Gasteiger partial charge is 0.326 e. The number of benzene rings is 1. The molecule has 2 rings (SSSR count). The van der Waals surface area contributed by atoms with E-state index in [1.54, 1.807) is 19.1 Å². The molecule has 0 bridgehead atoms. The predicted molar refractivity (Wildman–Crippen MR) is 78.1 cm³/mol. The van der Waals surface area contributed by atoms with Gasteiger partial charge in [-0.25, -0.2) is 4.79 Å². The first-order valence-corrected chi connectivity index (χ1v) is 7.34. The van der Waals surface area contributed by atoms with Crippen molar-refractivity contribution in [2.24, 2.45) is 0 Å². The summed E-state index contributed by atoms with van der Waals surface area (Å²) in [5, 5.41) is 9.32. The molecule has 114 valence electrons. The Bertz CT molecular complexity index is 488. The zero-order valence-electron chi connectivity index (χ0n) is 12.2. The summed E-state index contributed by atoms with van der Waals surface area (Å²) < 4.78 is 5.61. The van der Waals surface area contributed by atoms with Gasteiger partial charge in [0.2, 0.25) is 0 Å². The first kappa shape index (κ1) is 15.4. The predicted octanol–water partition coefficient (Wildman–Crippen LogP) is 2.31. The van der Waals surface area contributed by atoms with E-state index < -0.39 is 18.1 Å². The van der Waals surface area contributed by atoms with Crippen LogP contribution in [-0.2, 0) is 9.59 Å². The van der Waals surface area contributed by atoms with E-state index >= 15 is 0 Å². The van der Waals surface area contributed by atoms with Crippen LogP contribution in [-0.4, -0.2) is 40.6 Å². The van der Waals surface area contributed by atoms with E-state index in [9.17, 15) is 14.7 Å². The summed E-state index contributed by atoms with van der Waals surface area (Å²) in [7, 11) is 0. The van der Waals surface area contributed by atoms with Crippen molar-refractivity contribution < 1.29 is 19.4 Å². The molecule has 0 saturated carbocycles. The number of carboxylic acid groups (broad SMARTS) is 1. The number of hydrogen-bond donors (Lipinski definition) is 1. The number of carbonyl (C=O) groups excluding carboxylic acids is 1. The van der Waals surface area contributed by atoms with Gasteiger partial charge in [0.05, 0.1) is 0 Å². The summed E-state index contributed by atoms with van der Waals surface area (Å²) in [6, 6.07) is 8.36. The molecule has 1 saturated heterocycles. The zero-order chi connectivity index (χ0) is 15.2. The van der Waals surface area contributed by atoms with E-state index in [1.165, 1.54) is 4.90 Å². The third-order valence-corrected chi connectivity index (χ3v) is 3.72. The minimum absolute atomic E-state index is 0.256. The van der Waals surface area contributed by atoms with Gasteiger partial charge in [-0.3, -0.25) is 4.79 Å². The van der Waals surface area contributed by atoms with Crippen LogP contribution in [0.3, 0.4) is 0 Å².